The lowest BCUT2D eigenvalue weighted by atomic mass is 10.1. The van der Waals surface area contributed by atoms with Gasteiger partial charge in [0.25, 0.3) is 5.56 Å². The first-order valence-electron chi connectivity index (χ1n) is 4.70. The molecule has 5 nitrogen and oxygen atoms in total. The SMILES string of the molecule is O=C(c1ccc(Br)cc1)c1cc(=O)[nH]c(=O)[nH]1. The van der Waals surface area contributed by atoms with Crippen molar-refractivity contribution in [3.05, 3.63) is 66.9 Å². The maximum atomic E-state index is 11.9. The van der Waals surface area contributed by atoms with Gasteiger partial charge in [0.15, 0.2) is 0 Å². The lowest BCUT2D eigenvalue weighted by Crippen LogP contribution is -2.25. The van der Waals surface area contributed by atoms with Gasteiger partial charge in [-0.3, -0.25) is 14.6 Å². The summed E-state index contributed by atoms with van der Waals surface area (Å²) in [7, 11) is 0. The molecule has 0 saturated carbocycles. The molecule has 0 spiro atoms. The van der Waals surface area contributed by atoms with Crippen LogP contribution in [-0.4, -0.2) is 15.8 Å². The minimum atomic E-state index is -0.696. The number of nitrogens with one attached hydrogen (secondary N) is 2. The fourth-order valence-electron chi connectivity index (χ4n) is 1.35. The molecule has 17 heavy (non-hydrogen) atoms. The third-order valence-electron chi connectivity index (χ3n) is 2.11. The highest BCUT2D eigenvalue weighted by Gasteiger charge is 2.10. The second kappa shape index (κ2) is 4.50. The Morgan fingerprint density at radius 1 is 1.06 bits per heavy atom. The van der Waals surface area contributed by atoms with Gasteiger partial charge in [0, 0.05) is 16.1 Å². The van der Waals surface area contributed by atoms with Crippen LogP contribution in [0.1, 0.15) is 16.1 Å². The van der Waals surface area contributed by atoms with Gasteiger partial charge < -0.3 is 4.98 Å². The number of halogens is 1. The fourth-order valence-corrected chi connectivity index (χ4v) is 1.61. The van der Waals surface area contributed by atoms with Crippen molar-refractivity contribution in [3.63, 3.8) is 0 Å². The molecule has 2 aromatic rings. The molecule has 86 valence electrons. The second-order valence-corrected chi connectivity index (χ2v) is 4.25. The summed E-state index contributed by atoms with van der Waals surface area (Å²) in [5.41, 5.74) is -0.928. The molecule has 0 aliphatic carbocycles. The van der Waals surface area contributed by atoms with Crippen LogP contribution >= 0.6 is 15.9 Å². The summed E-state index contributed by atoms with van der Waals surface area (Å²) in [5, 5.41) is 0. The smallest absolute Gasteiger partial charge is 0.304 e. The molecule has 6 heteroatoms. The molecule has 1 aromatic carbocycles. The summed E-state index contributed by atoms with van der Waals surface area (Å²) in [5.74, 6) is -0.402. The van der Waals surface area contributed by atoms with Crippen LogP contribution in [0.25, 0.3) is 0 Å². The summed E-state index contributed by atoms with van der Waals surface area (Å²) in [6.07, 6.45) is 0. The summed E-state index contributed by atoms with van der Waals surface area (Å²) in [4.78, 5) is 38.3. The predicted molar refractivity (Wildman–Crippen MR) is 65.3 cm³/mol. The topological polar surface area (TPSA) is 82.8 Å². The quantitative estimate of drug-likeness (QED) is 0.813. The lowest BCUT2D eigenvalue weighted by Gasteiger charge is -2.00. The highest BCUT2D eigenvalue weighted by atomic mass is 79.9. The number of aromatic amines is 2. The number of hydrogen-bond acceptors (Lipinski definition) is 3. The van der Waals surface area contributed by atoms with Gasteiger partial charge in [-0.1, -0.05) is 15.9 Å². The van der Waals surface area contributed by atoms with E-state index in [1.54, 1.807) is 24.3 Å². The Labute approximate surface area is 104 Å². The number of hydrogen-bond donors (Lipinski definition) is 2. The summed E-state index contributed by atoms with van der Waals surface area (Å²) in [6, 6.07) is 7.68. The zero-order valence-electron chi connectivity index (χ0n) is 8.49. The highest BCUT2D eigenvalue weighted by Crippen LogP contribution is 2.12. The molecular weight excluding hydrogens is 288 g/mol. The maximum Gasteiger partial charge on any atom is 0.326 e. The van der Waals surface area contributed by atoms with E-state index in [9.17, 15) is 14.4 Å². The Kier molecular flexibility index (Phi) is 3.06. The van der Waals surface area contributed by atoms with E-state index in [1.165, 1.54) is 0 Å². The van der Waals surface area contributed by atoms with Crippen molar-refractivity contribution in [3.8, 4) is 0 Å². The molecule has 0 aliphatic rings. The van der Waals surface area contributed by atoms with Gasteiger partial charge in [0.05, 0.1) is 5.69 Å². The van der Waals surface area contributed by atoms with Crippen molar-refractivity contribution < 1.29 is 4.79 Å². The molecule has 0 amide bonds. The lowest BCUT2D eigenvalue weighted by molar-refractivity contribution is 0.103. The Morgan fingerprint density at radius 3 is 2.29 bits per heavy atom. The van der Waals surface area contributed by atoms with Crippen LogP contribution in [-0.2, 0) is 0 Å². The van der Waals surface area contributed by atoms with Crippen molar-refractivity contribution in [2.24, 2.45) is 0 Å². The van der Waals surface area contributed by atoms with Gasteiger partial charge in [-0.15, -0.1) is 0 Å². The fraction of sp³-hybridized carbons (Fsp3) is 0. The number of carbonyl (C=O) groups is 1. The van der Waals surface area contributed by atoms with Crippen molar-refractivity contribution in [1.29, 1.82) is 0 Å². The molecule has 0 saturated heterocycles. The standard InChI is InChI=1S/C11H7BrN2O3/c12-7-3-1-6(2-4-7)10(16)8-5-9(15)14-11(17)13-8/h1-5H,(H2,13,14,15,17). The first-order valence-corrected chi connectivity index (χ1v) is 5.49. The molecule has 1 heterocycles. The maximum absolute atomic E-state index is 11.9. The summed E-state index contributed by atoms with van der Waals surface area (Å²) >= 11 is 3.25. The third-order valence-corrected chi connectivity index (χ3v) is 2.64. The summed E-state index contributed by atoms with van der Waals surface area (Å²) < 4.78 is 0.841. The van der Waals surface area contributed by atoms with E-state index in [1.807, 2.05) is 4.98 Å². The monoisotopic (exact) mass is 294 g/mol. The van der Waals surface area contributed by atoms with Gasteiger partial charge in [-0.05, 0) is 24.3 Å². The molecule has 0 bridgehead atoms. The van der Waals surface area contributed by atoms with Crippen molar-refractivity contribution in [2.45, 2.75) is 0 Å². The average Bonchev–Trinajstić information content (AvgIpc) is 2.28. The molecule has 0 unspecified atom stereocenters. The molecule has 2 rings (SSSR count). The van der Waals surface area contributed by atoms with Crippen LogP contribution in [0.3, 0.4) is 0 Å². The second-order valence-electron chi connectivity index (χ2n) is 3.34. The Bertz CT molecular complexity index is 642. The van der Waals surface area contributed by atoms with Crippen LogP contribution in [0.15, 0.2) is 44.4 Å². The minimum absolute atomic E-state index is 0.0268. The molecule has 2 N–H and O–H groups in total. The molecular formula is C11H7BrN2O3. The van der Waals surface area contributed by atoms with Gasteiger partial charge in [0.1, 0.15) is 0 Å². The zero-order valence-corrected chi connectivity index (χ0v) is 10.1. The number of ketones is 1. The molecule has 0 fully saturated rings. The Morgan fingerprint density at radius 2 is 1.71 bits per heavy atom. The molecule has 1 aromatic heterocycles. The predicted octanol–water partition coefficient (Wildman–Crippen LogP) is 1.06. The number of aromatic nitrogens is 2. The van der Waals surface area contributed by atoms with Gasteiger partial charge >= 0.3 is 5.69 Å². The number of H-pyrrole nitrogens is 2. The number of rotatable bonds is 2. The summed E-state index contributed by atoms with van der Waals surface area (Å²) in [6.45, 7) is 0. The molecule has 0 atom stereocenters. The normalized spacial score (nSPS) is 10.2. The van der Waals surface area contributed by atoms with Crippen molar-refractivity contribution >= 4 is 21.7 Å². The van der Waals surface area contributed by atoms with Crippen molar-refractivity contribution in [2.75, 3.05) is 0 Å². The molecule has 0 radical (unpaired) electrons. The van der Waals surface area contributed by atoms with Crippen LogP contribution in [0, 0.1) is 0 Å². The third kappa shape index (κ3) is 2.59. The average molecular weight is 295 g/mol. The van der Waals surface area contributed by atoms with Crippen LogP contribution < -0.4 is 11.2 Å². The first kappa shape index (κ1) is 11.5. The van der Waals surface area contributed by atoms with E-state index in [-0.39, 0.29) is 5.69 Å². The largest absolute Gasteiger partial charge is 0.326 e. The Balaban J connectivity index is 2.47. The van der Waals surface area contributed by atoms with Crippen molar-refractivity contribution in [1.82, 2.24) is 9.97 Å². The van der Waals surface area contributed by atoms with E-state index >= 15 is 0 Å². The molecule has 0 aliphatic heterocycles. The van der Waals surface area contributed by atoms with Gasteiger partial charge in [0.2, 0.25) is 5.78 Å². The number of carbonyl (C=O) groups excluding carboxylic acids is 1. The van der Waals surface area contributed by atoms with Gasteiger partial charge in [-0.2, -0.15) is 0 Å². The van der Waals surface area contributed by atoms with E-state index in [4.69, 9.17) is 0 Å². The van der Waals surface area contributed by atoms with Crippen LogP contribution in [0.2, 0.25) is 0 Å². The zero-order chi connectivity index (χ0) is 12.4. The van der Waals surface area contributed by atoms with Crippen LogP contribution in [0.5, 0.6) is 0 Å². The Hall–Kier alpha value is -1.95. The number of benzene rings is 1. The first-order chi connectivity index (χ1) is 8.06. The minimum Gasteiger partial charge on any atom is -0.304 e. The van der Waals surface area contributed by atoms with Gasteiger partial charge in [-0.25, -0.2) is 4.79 Å². The van der Waals surface area contributed by atoms with Crippen LogP contribution in [0.4, 0.5) is 0 Å². The van der Waals surface area contributed by atoms with E-state index in [0.717, 1.165) is 10.5 Å². The van der Waals surface area contributed by atoms with E-state index in [2.05, 4.69) is 20.9 Å². The van der Waals surface area contributed by atoms with E-state index in [0.29, 0.717) is 5.56 Å². The highest BCUT2D eigenvalue weighted by molar-refractivity contribution is 9.10. The van der Waals surface area contributed by atoms with E-state index < -0.39 is 17.0 Å².